The molecule has 3 rings (SSSR count). The highest BCUT2D eigenvalue weighted by Crippen LogP contribution is 2.31. The van der Waals surface area contributed by atoms with Gasteiger partial charge in [-0.1, -0.05) is 18.2 Å². The van der Waals surface area contributed by atoms with Gasteiger partial charge in [-0.2, -0.15) is 0 Å². The lowest BCUT2D eigenvalue weighted by Crippen LogP contribution is -2.25. The SMILES string of the molecule is COC(=O)c1ccc(N2CCCc3ccccc32)nc1. The molecular formula is C16H16N2O2. The number of benzene rings is 1. The van der Waals surface area contributed by atoms with Gasteiger partial charge >= 0.3 is 5.97 Å². The number of methoxy groups -OCH3 is 1. The number of aromatic nitrogens is 1. The third kappa shape index (κ3) is 2.25. The minimum Gasteiger partial charge on any atom is -0.465 e. The number of carbonyl (C=O) groups is 1. The van der Waals surface area contributed by atoms with Crippen LogP contribution in [0.4, 0.5) is 11.5 Å². The van der Waals surface area contributed by atoms with Gasteiger partial charge in [0.05, 0.1) is 12.7 Å². The molecule has 0 radical (unpaired) electrons. The topological polar surface area (TPSA) is 42.4 Å². The van der Waals surface area contributed by atoms with E-state index < -0.39 is 0 Å². The Morgan fingerprint density at radius 2 is 2.10 bits per heavy atom. The monoisotopic (exact) mass is 268 g/mol. The van der Waals surface area contributed by atoms with Crippen molar-refractivity contribution in [2.45, 2.75) is 12.8 Å². The number of hydrogen-bond donors (Lipinski definition) is 0. The number of anilines is 2. The maximum absolute atomic E-state index is 11.4. The number of pyridine rings is 1. The molecular weight excluding hydrogens is 252 g/mol. The summed E-state index contributed by atoms with van der Waals surface area (Å²) in [5.74, 6) is 0.507. The van der Waals surface area contributed by atoms with Crippen LogP contribution in [0.15, 0.2) is 42.6 Å². The Labute approximate surface area is 118 Å². The van der Waals surface area contributed by atoms with E-state index in [1.165, 1.54) is 18.4 Å². The molecule has 0 fully saturated rings. The summed E-state index contributed by atoms with van der Waals surface area (Å²) in [6, 6.07) is 12.0. The number of esters is 1. The highest BCUT2D eigenvalue weighted by molar-refractivity contribution is 5.89. The summed E-state index contributed by atoms with van der Waals surface area (Å²) in [5.41, 5.74) is 3.02. The molecule has 0 N–H and O–H groups in total. The van der Waals surface area contributed by atoms with Gasteiger partial charge in [-0.15, -0.1) is 0 Å². The first-order chi connectivity index (χ1) is 9.79. The Kier molecular flexibility index (Phi) is 3.37. The van der Waals surface area contributed by atoms with Crippen LogP contribution in [0.3, 0.4) is 0 Å². The zero-order valence-electron chi connectivity index (χ0n) is 11.4. The van der Waals surface area contributed by atoms with Crippen molar-refractivity contribution in [1.82, 2.24) is 4.98 Å². The molecule has 4 heteroatoms. The Hall–Kier alpha value is -2.36. The zero-order chi connectivity index (χ0) is 13.9. The third-order valence-corrected chi connectivity index (χ3v) is 3.56. The van der Waals surface area contributed by atoms with E-state index >= 15 is 0 Å². The first-order valence-corrected chi connectivity index (χ1v) is 6.69. The second-order valence-electron chi connectivity index (χ2n) is 4.78. The number of aryl methyl sites for hydroxylation is 1. The number of hydrogen-bond acceptors (Lipinski definition) is 4. The lowest BCUT2D eigenvalue weighted by Gasteiger charge is -2.30. The van der Waals surface area contributed by atoms with Gasteiger partial charge in [0.1, 0.15) is 5.82 Å². The maximum atomic E-state index is 11.4. The number of fused-ring (bicyclic) bond motifs is 1. The molecule has 1 aliphatic heterocycles. The Balaban J connectivity index is 1.92. The van der Waals surface area contributed by atoms with E-state index in [-0.39, 0.29) is 5.97 Å². The zero-order valence-corrected chi connectivity index (χ0v) is 11.4. The predicted molar refractivity (Wildman–Crippen MR) is 77.3 cm³/mol. The molecule has 0 spiro atoms. The fraction of sp³-hybridized carbons (Fsp3) is 0.250. The molecule has 0 amide bonds. The van der Waals surface area contributed by atoms with Crippen LogP contribution in [0, 0.1) is 0 Å². The van der Waals surface area contributed by atoms with Crippen LogP contribution in [0.5, 0.6) is 0 Å². The Bertz CT molecular complexity index is 623. The van der Waals surface area contributed by atoms with E-state index in [9.17, 15) is 4.79 Å². The quantitative estimate of drug-likeness (QED) is 0.785. The molecule has 1 aromatic carbocycles. The van der Waals surface area contributed by atoms with Gasteiger partial charge in [-0.25, -0.2) is 9.78 Å². The van der Waals surface area contributed by atoms with Gasteiger partial charge in [0, 0.05) is 18.4 Å². The summed E-state index contributed by atoms with van der Waals surface area (Å²) >= 11 is 0. The van der Waals surface area contributed by atoms with Crippen LogP contribution in [0.25, 0.3) is 0 Å². The lowest BCUT2D eigenvalue weighted by molar-refractivity contribution is 0.0600. The van der Waals surface area contributed by atoms with Gasteiger partial charge in [0.2, 0.25) is 0 Å². The predicted octanol–water partition coefficient (Wildman–Crippen LogP) is 2.95. The van der Waals surface area contributed by atoms with Crippen LogP contribution >= 0.6 is 0 Å². The Morgan fingerprint density at radius 1 is 1.25 bits per heavy atom. The molecule has 2 heterocycles. The second-order valence-corrected chi connectivity index (χ2v) is 4.78. The summed E-state index contributed by atoms with van der Waals surface area (Å²) in [5, 5.41) is 0. The minimum atomic E-state index is -0.358. The molecule has 0 unspecified atom stereocenters. The molecule has 20 heavy (non-hydrogen) atoms. The maximum Gasteiger partial charge on any atom is 0.339 e. The van der Waals surface area contributed by atoms with E-state index in [4.69, 9.17) is 0 Å². The highest BCUT2D eigenvalue weighted by Gasteiger charge is 2.18. The molecule has 0 atom stereocenters. The summed E-state index contributed by atoms with van der Waals surface area (Å²) in [4.78, 5) is 18.0. The summed E-state index contributed by atoms with van der Waals surface area (Å²) in [7, 11) is 1.37. The number of carbonyl (C=O) groups excluding carboxylic acids is 1. The van der Waals surface area contributed by atoms with E-state index in [1.54, 1.807) is 12.3 Å². The molecule has 1 aromatic heterocycles. The number of rotatable bonds is 2. The van der Waals surface area contributed by atoms with Crippen LogP contribution in [-0.4, -0.2) is 24.6 Å². The van der Waals surface area contributed by atoms with Crippen molar-refractivity contribution in [3.63, 3.8) is 0 Å². The molecule has 0 saturated heterocycles. The van der Waals surface area contributed by atoms with Crippen molar-refractivity contribution in [2.24, 2.45) is 0 Å². The number of nitrogens with zero attached hydrogens (tertiary/aromatic N) is 2. The van der Waals surface area contributed by atoms with Gasteiger partial charge in [-0.3, -0.25) is 0 Å². The minimum absolute atomic E-state index is 0.358. The fourth-order valence-electron chi connectivity index (χ4n) is 2.56. The van der Waals surface area contributed by atoms with Gasteiger partial charge in [-0.05, 0) is 36.6 Å². The molecule has 1 aliphatic rings. The van der Waals surface area contributed by atoms with Gasteiger partial charge < -0.3 is 9.64 Å². The van der Waals surface area contributed by atoms with Crippen LogP contribution in [0.2, 0.25) is 0 Å². The fourth-order valence-corrected chi connectivity index (χ4v) is 2.56. The number of para-hydroxylation sites is 1. The largest absolute Gasteiger partial charge is 0.465 e. The average Bonchev–Trinajstić information content (AvgIpc) is 2.54. The van der Waals surface area contributed by atoms with E-state index in [0.717, 1.165) is 25.2 Å². The summed E-state index contributed by atoms with van der Waals surface area (Å²) in [6.07, 6.45) is 3.78. The van der Waals surface area contributed by atoms with Crippen molar-refractivity contribution in [3.05, 3.63) is 53.7 Å². The normalized spacial score (nSPS) is 13.8. The molecule has 0 bridgehead atoms. The molecule has 102 valence electrons. The second kappa shape index (κ2) is 5.33. The summed E-state index contributed by atoms with van der Waals surface area (Å²) < 4.78 is 4.69. The first kappa shape index (κ1) is 12.7. The highest BCUT2D eigenvalue weighted by atomic mass is 16.5. The van der Waals surface area contributed by atoms with Gasteiger partial charge in [0.25, 0.3) is 0 Å². The smallest absolute Gasteiger partial charge is 0.339 e. The van der Waals surface area contributed by atoms with Gasteiger partial charge in [0.15, 0.2) is 0 Å². The van der Waals surface area contributed by atoms with Crippen LogP contribution in [-0.2, 0) is 11.2 Å². The van der Waals surface area contributed by atoms with Crippen LogP contribution in [0.1, 0.15) is 22.3 Å². The molecule has 0 saturated carbocycles. The van der Waals surface area contributed by atoms with Crippen molar-refractivity contribution in [2.75, 3.05) is 18.6 Å². The van der Waals surface area contributed by atoms with E-state index in [0.29, 0.717) is 5.56 Å². The molecule has 4 nitrogen and oxygen atoms in total. The van der Waals surface area contributed by atoms with Crippen molar-refractivity contribution >= 4 is 17.5 Å². The van der Waals surface area contributed by atoms with Crippen molar-refractivity contribution < 1.29 is 9.53 Å². The standard InChI is InChI=1S/C16H16N2O2/c1-20-16(19)13-8-9-15(17-11-13)18-10-4-6-12-5-2-3-7-14(12)18/h2-3,5,7-9,11H,4,6,10H2,1H3. The van der Waals surface area contributed by atoms with Crippen molar-refractivity contribution in [3.8, 4) is 0 Å². The summed E-state index contributed by atoms with van der Waals surface area (Å²) in [6.45, 7) is 0.946. The third-order valence-electron chi connectivity index (χ3n) is 3.56. The average molecular weight is 268 g/mol. The van der Waals surface area contributed by atoms with Crippen LogP contribution < -0.4 is 4.90 Å². The van der Waals surface area contributed by atoms with E-state index in [1.807, 2.05) is 12.1 Å². The Morgan fingerprint density at radius 3 is 2.85 bits per heavy atom. The molecule has 2 aromatic rings. The lowest BCUT2D eigenvalue weighted by atomic mass is 10.0. The van der Waals surface area contributed by atoms with E-state index in [2.05, 4.69) is 32.8 Å². The van der Waals surface area contributed by atoms with Crippen molar-refractivity contribution in [1.29, 1.82) is 0 Å². The number of ether oxygens (including phenoxy) is 1. The first-order valence-electron chi connectivity index (χ1n) is 6.69. The molecule has 0 aliphatic carbocycles.